The van der Waals surface area contributed by atoms with Crippen LogP contribution in [0, 0.1) is 0 Å². The largest absolute Gasteiger partial charge is 0.378 e. The van der Waals surface area contributed by atoms with Crippen molar-refractivity contribution < 1.29 is 14.3 Å². The summed E-state index contributed by atoms with van der Waals surface area (Å²) in [6, 6.07) is -0.499. The fourth-order valence-corrected chi connectivity index (χ4v) is 3.35. The van der Waals surface area contributed by atoms with Crippen LogP contribution >= 0.6 is 11.8 Å². The predicted molar refractivity (Wildman–Crippen MR) is 100 cm³/mol. The van der Waals surface area contributed by atoms with Gasteiger partial charge in [-0.2, -0.15) is 0 Å². The van der Waals surface area contributed by atoms with Crippen LogP contribution in [0.2, 0.25) is 0 Å². The summed E-state index contributed by atoms with van der Waals surface area (Å²) in [5.41, 5.74) is -0.407. The van der Waals surface area contributed by atoms with Crippen molar-refractivity contribution in [3.63, 3.8) is 0 Å². The molecule has 0 radical (unpaired) electrons. The number of carbonyl (C=O) groups excluding carboxylic acids is 2. The quantitative estimate of drug-likeness (QED) is 0.737. The lowest BCUT2D eigenvalue weighted by Crippen LogP contribution is -2.49. The highest BCUT2D eigenvalue weighted by atomic mass is 32.2. The predicted octanol–water partition coefficient (Wildman–Crippen LogP) is 1.24. The average molecular weight is 385 g/mol. The first-order valence-electron chi connectivity index (χ1n) is 8.77. The topological polar surface area (TPSA) is 101 Å². The standard InChI is InChI=1S/C16H28N6O3S/c1-6-22-14(21-7-9-25-10-8-21)19-20-15(22)26-11(2)12(23)17-13(24)18-16(3,4)5/h11H,6-10H2,1-5H3,(H2,17,18,23,24)/t11-/m1/s1. The zero-order valence-corrected chi connectivity index (χ0v) is 16.9. The van der Waals surface area contributed by atoms with Crippen LogP contribution in [0.25, 0.3) is 0 Å². The van der Waals surface area contributed by atoms with Crippen molar-refractivity contribution >= 4 is 29.6 Å². The molecular formula is C16H28N6O3S. The smallest absolute Gasteiger partial charge is 0.321 e. The van der Waals surface area contributed by atoms with Gasteiger partial charge in [-0.25, -0.2) is 4.79 Å². The number of carbonyl (C=O) groups is 2. The number of rotatable bonds is 5. The lowest BCUT2D eigenvalue weighted by Gasteiger charge is -2.27. The zero-order chi connectivity index (χ0) is 19.3. The second-order valence-corrected chi connectivity index (χ2v) is 8.39. The molecule has 1 fully saturated rings. The van der Waals surface area contributed by atoms with E-state index in [1.54, 1.807) is 6.92 Å². The molecule has 9 nitrogen and oxygen atoms in total. The third-order valence-electron chi connectivity index (χ3n) is 3.68. The van der Waals surface area contributed by atoms with Gasteiger partial charge in [0.25, 0.3) is 0 Å². The minimum Gasteiger partial charge on any atom is -0.378 e. The highest BCUT2D eigenvalue weighted by molar-refractivity contribution is 8.00. The number of amides is 3. The summed E-state index contributed by atoms with van der Waals surface area (Å²) < 4.78 is 7.35. The minimum atomic E-state index is -0.499. The Morgan fingerprint density at radius 2 is 1.92 bits per heavy atom. The Morgan fingerprint density at radius 3 is 2.50 bits per heavy atom. The molecule has 10 heteroatoms. The summed E-state index contributed by atoms with van der Waals surface area (Å²) in [5, 5.41) is 13.8. The van der Waals surface area contributed by atoms with Gasteiger partial charge in [0.05, 0.1) is 18.5 Å². The van der Waals surface area contributed by atoms with Gasteiger partial charge < -0.3 is 15.0 Å². The molecule has 2 N–H and O–H groups in total. The van der Waals surface area contributed by atoms with Crippen LogP contribution in [0.3, 0.4) is 0 Å². The highest BCUT2D eigenvalue weighted by Gasteiger charge is 2.24. The van der Waals surface area contributed by atoms with Gasteiger partial charge in [0, 0.05) is 25.2 Å². The zero-order valence-electron chi connectivity index (χ0n) is 16.0. The molecule has 0 aromatic carbocycles. The van der Waals surface area contributed by atoms with E-state index in [0.717, 1.165) is 19.0 Å². The van der Waals surface area contributed by atoms with Gasteiger partial charge in [-0.05, 0) is 34.6 Å². The van der Waals surface area contributed by atoms with Gasteiger partial charge in [-0.15, -0.1) is 10.2 Å². The number of anilines is 1. The van der Waals surface area contributed by atoms with E-state index in [1.165, 1.54) is 11.8 Å². The Labute approximate surface area is 158 Å². The Balaban J connectivity index is 1.99. The number of nitrogens with one attached hydrogen (secondary N) is 2. The summed E-state index contributed by atoms with van der Waals surface area (Å²) in [5.74, 6) is 0.423. The molecule has 0 spiro atoms. The lowest BCUT2D eigenvalue weighted by atomic mass is 10.1. The Kier molecular flexibility index (Phi) is 6.87. The fraction of sp³-hybridized carbons (Fsp3) is 0.750. The van der Waals surface area contributed by atoms with Crippen LogP contribution in [0.4, 0.5) is 10.7 Å². The fourth-order valence-electron chi connectivity index (χ4n) is 2.44. The molecule has 3 amide bonds. The van der Waals surface area contributed by atoms with E-state index in [1.807, 2.05) is 32.3 Å². The Hall–Kier alpha value is -1.81. The van der Waals surface area contributed by atoms with Gasteiger partial charge in [0.1, 0.15) is 0 Å². The molecule has 0 unspecified atom stereocenters. The van der Waals surface area contributed by atoms with Crippen molar-refractivity contribution in [1.82, 2.24) is 25.4 Å². The third-order valence-corrected chi connectivity index (χ3v) is 4.76. The summed E-state index contributed by atoms with van der Waals surface area (Å²) in [4.78, 5) is 26.3. The van der Waals surface area contributed by atoms with E-state index in [9.17, 15) is 9.59 Å². The number of nitrogens with zero attached hydrogens (tertiary/aromatic N) is 4. The summed E-state index contributed by atoms with van der Waals surface area (Å²) in [6.45, 7) is 12.9. The first-order chi connectivity index (χ1) is 12.2. The number of ether oxygens (including phenoxy) is 1. The number of morpholine rings is 1. The molecule has 1 aliphatic heterocycles. The van der Waals surface area contributed by atoms with Crippen molar-refractivity contribution in [2.24, 2.45) is 0 Å². The summed E-state index contributed by atoms with van der Waals surface area (Å²) >= 11 is 1.29. The van der Waals surface area contributed by atoms with E-state index in [-0.39, 0.29) is 5.91 Å². The van der Waals surface area contributed by atoms with Crippen LogP contribution < -0.4 is 15.5 Å². The molecule has 1 aromatic heterocycles. The van der Waals surface area contributed by atoms with E-state index in [0.29, 0.717) is 24.9 Å². The average Bonchev–Trinajstić information content (AvgIpc) is 2.96. The molecule has 0 bridgehead atoms. The van der Waals surface area contributed by atoms with Gasteiger partial charge in [-0.3, -0.25) is 14.7 Å². The third kappa shape index (κ3) is 5.60. The van der Waals surface area contributed by atoms with Gasteiger partial charge in [-0.1, -0.05) is 11.8 Å². The van der Waals surface area contributed by atoms with E-state index >= 15 is 0 Å². The molecule has 2 rings (SSSR count). The molecule has 0 aliphatic carbocycles. The van der Waals surface area contributed by atoms with E-state index in [2.05, 4.69) is 25.7 Å². The molecule has 2 heterocycles. The van der Waals surface area contributed by atoms with Gasteiger partial charge in [0.2, 0.25) is 11.9 Å². The first kappa shape index (κ1) is 20.5. The second-order valence-electron chi connectivity index (χ2n) is 7.08. The molecule has 146 valence electrons. The number of thioether (sulfide) groups is 1. The molecule has 1 atom stereocenters. The number of hydrogen-bond acceptors (Lipinski definition) is 7. The molecule has 0 saturated carbocycles. The van der Waals surface area contributed by atoms with Crippen molar-refractivity contribution in [2.75, 3.05) is 31.2 Å². The van der Waals surface area contributed by atoms with Crippen LogP contribution in [-0.4, -0.2) is 63.8 Å². The minimum absolute atomic E-state index is 0.365. The van der Waals surface area contributed by atoms with Crippen molar-refractivity contribution in [1.29, 1.82) is 0 Å². The van der Waals surface area contributed by atoms with Crippen molar-refractivity contribution in [3.05, 3.63) is 0 Å². The molecule has 1 aliphatic rings. The molecule has 1 aromatic rings. The van der Waals surface area contributed by atoms with E-state index in [4.69, 9.17) is 4.74 Å². The monoisotopic (exact) mass is 384 g/mol. The van der Waals surface area contributed by atoms with Crippen molar-refractivity contribution in [2.45, 2.75) is 57.1 Å². The summed E-state index contributed by atoms with van der Waals surface area (Å²) in [6.07, 6.45) is 0. The number of hydrogen-bond donors (Lipinski definition) is 2. The van der Waals surface area contributed by atoms with Crippen LogP contribution in [0.5, 0.6) is 0 Å². The second kappa shape index (κ2) is 8.72. The number of aromatic nitrogens is 3. The lowest BCUT2D eigenvalue weighted by molar-refractivity contribution is -0.119. The van der Waals surface area contributed by atoms with Gasteiger partial charge in [0.15, 0.2) is 5.16 Å². The van der Waals surface area contributed by atoms with E-state index < -0.39 is 16.8 Å². The molecular weight excluding hydrogens is 356 g/mol. The maximum atomic E-state index is 12.3. The Bertz CT molecular complexity index is 636. The van der Waals surface area contributed by atoms with Crippen LogP contribution in [0.15, 0.2) is 5.16 Å². The maximum Gasteiger partial charge on any atom is 0.321 e. The Morgan fingerprint density at radius 1 is 1.27 bits per heavy atom. The van der Waals surface area contributed by atoms with Crippen molar-refractivity contribution in [3.8, 4) is 0 Å². The molecule has 26 heavy (non-hydrogen) atoms. The van der Waals surface area contributed by atoms with Crippen LogP contribution in [0.1, 0.15) is 34.6 Å². The molecule has 1 saturated heterocycles. The number of imide groups is 1. The van der Waals surface area contributed by atoms with Crippen LogP contribution in [-0.2, 0) is 16.1 Å². The normalized spacial score (nSPS) is 16.3. The maximum absolute atomic E-state index is 12.3. The highest BCUT2D eigenvalue weighted by Crippen LogP contribution is 2.26. The SMILES string of the molecule is CCn1c(S[C@H](C)C(=O)NC(=O)NC(C)(C)C)nnc1N1CCOCC1. The summed E-state index contributed by atoms with van der Waals surface area (Å²) in [7, 11) is 0. The first-order valence-corrected chi connectivity index (χ1v) is 9.64. The van der Waals surface area contributed by atoms with Gasteiger partial charge >= 0.3 is 6.03 Å². The number of urea groups is 1.